The average molecular weight is 328 g/mol. The molecule has 0 radical (unpaired) electrons. The Morgan fingerprint density at radius 3 is 2.33 bits per heavy atom. The third-order valence-corrected chi connectivity index (χ3v) is 3.37. The van der Waals surface area contributed by atoms with E-state index < -0.39 is 6.09 Å². The van der Waals surface area contributed by atoms with Crippen molar-refractivity contribution in [3.05, 3.63) is 54.6 Å². The summed E-state index contributed by atoms with van der Waals surface area (Å²) in [6.07, 6.45) is -0.421. The highest BCUT2D eigenvalue weighted by atomic mass is 16.6. The van der Waals surface area contributed by atoms with E-state index in [4.69, 9.17) is 9.47 Å². The van der Waals surface area contributed by atoms with Gasteiger partial charge in [0, 0.05) is 6.54 Å². The Kier molecular flexibility index (Phi) is 6.63. The maximum Gasteiger partial charge on any atom is 0.419 e. The molecule has 5 heteroatoms. The third-order valence-electron chi connectivity index (χ3n) is 3.37. The fourth-order valence-electron chi connectivity index (χ4n) is 2.22. The number of ether oxygens (including phenoxy) is 2. The standard InChI is InChI=1S/C19H24N2O3/c1-4-23-18-13-9-8-12-17(18)21(16-10-6-5-7-11-16)19(22)24-15-14-20(2)3/h5-13H,4,14-15H2,1-3H3. The van der Waals surface area contributed by atoms with E-state index in [1.807, 2.05) is 80.5 Å². The van der Waals surface area contributed by atoms with Crippen molar-refractivity contribution >= 4 is 17.5 Å². The summed E-state index contributed by atoms with van der Waals surface area (Å²) in [7, 11) is 3.88. The lowest BCUT2D eigenvalue weighted by molar-refractivity contribution is 0.146. The lowest BCUT2D eigenvalue weighted by Gasteiger charge is -2.24. The quantitative estimate of drug-likeness (QED) is 0.772. The van der Waals surface area contributed by atoms with Gasteiger partial charge in [-0.05, 0) is 45.3 Å². The summed E-state index contributed by atoms with van der Waals surface area (Å²) < 4.78 is 11.1. The summed E-state index contributed by atoms with van der Waals surface area (Å²) >= 11 is 0. The van der Waals surface area contributed by atoms with Gasteiger partial charge in [0.2, 0.25) is 0 Å². The van der Waals surface area contributed by atoms with E-state index in [0.29, 0.717) is 31.2 Å². The van der Waals surface area contributed by atoms with Crippen LogP contribution in [0.15, 0.2) is 54.6 Å². The van der Waals surface area contributed by atoms with Gasteiger partial charge in [0.05, 0.1) is 18.0 Å². The summed E-state index contributed by atoms with van der Waals surface area (Å²) in [4.78, 5) is 16.2. The fraction of sp³-hybridized carbons (Fsp3) is 0.316. The van der Waals surface area contributed by atoms with E-state index in [-0.39, 0.29) is 0 Å². The maximum atomic E-state index is 12.7. The van der Waals surface area contributed by atoms with E-state index in [0.717, 1.165) is 5.69 Å². The Bertz CT molecular complexity index is 644. The first kappa shape index (κ1) is 17.8. The molecule has 128 valence electrons. The summed E-state index contributed by atoms with van der Waals surface area (Å²) in [6, 6.07) is 16.9. The highest BCUT2D eigenvalue weighted by Gasteiger charge is 2.22. The highest BCUT2D eigenvalue weighted by molar-refractivity contribution is 5.97. The zero-order chi connectivity index (χ0) is 17.4. The van der Waals surface area contributed by atoms with Gasteiger partial charge in [0.1, 0.15) is 12.4 Å². The molecule has 0 aliphatic heterocycles. The molecule has 0 bridgehead atoms. The van der Waals surface area contributed by atoms with Gasteiger partial charge in [0.25, 0.3) is 0 Å². The zero-order valence-corrected chi connectivity index (χ0v) is 14.4. The number of para-hydroxylation sites is 3. The fourth-order valence-corrected chi connectivity index (χ4v) is 2.22. The smallest absolute Gasteiger partial charge is 0.419 e. The molecule has 0 aliphatic rings. The topological polar surface area (TPSA) is 42.0 Å². The second kappa shape index (κ2) is 8.93. The van der Waals surface area contributed by atoms with Gasteiger partial charge < -0.3 is 14.4 Å². The lowest BCUT2D eigenvalue weighted by atomic mass is 10.2. The summed E-state index contributed by atoms with van der Waals surface area (Å²) in [5, 5.41) is 0. The average Bonchev–Trinajstić information content (AvgIpc) is 2.57. The Morgan fingerprint density at radius 1 is 1.00 bits per heavy atom. The van der Waals surface area contributed by atoms with Gasteiger partial charge in [-0.1, -0.05) is 30.3 Å². The van der Waals surface area contributed by atoms with Gasteiger partial charge >= 0.3 is 6.09 Å². The van der Waals surface area contributed by atoms with Gasteiger partial charge in [0.15, 0.2) is 0 Å². The van der Waals surface area contributed by atoms with Gasteiger partial charge in [-0.2, -0.15) is 0 Å². The number of rotatable bonds is 7. The molecule has 0 aliphatic carbocycles. The maximum absolute atomic E-state index is 12.7. The number of anilines is 2. The summed E-state index contributed by atoms with van der Waals surface area (Å²) in [5.74, 6) is 0.647. The van der Waals surface area contributed by atoms with Crippen LogP contribution in [0.2, 0.25) is 0 Å². The first-order valence-electron chi connectivity index (χ1n) is 8.02. The van der Waals surface area contributed by atoms with Crippen molar-refractivity contribution in [2.24, 2.45) is 0 Å². The Balaban J connectivity index is 2.32. The summed E-state index contributed by atoms with van der Waals surface area (Å²) in [5.41, 5.74) is 1.40. The van der Waals surface area contributed by atoms with Crippen molar-refractivity contribution in [3.8, 4) is 5.75 Å². The molecular formula is C19H24N2O3. The van der Waals surface area contributed by atoms with Crippen LogP contribution in [-0.4, -0.2) is 44.8 Å². The molecule has 0 aromatic heterocycles. The molecule has 2 aromatic carbocycles. The third kappa shape index (κ3) is 4.73. The molecule has 0 fully saturated rings. The van der Waals surface area contributed by atoms with Crippen molar-refractivity contribution in [3.63, 3.8) is 0 Å². The largest absolute Gasteiger partial charge is 0.492 e. The van der Waals surface area contributed by atoms with Crippen LogP contribution in [0.5, 0.6) is 5.75 Å². The first-order valence-corrected chi connectivity index (χ1v) is 8.02. The molecule has 0 atom stereocenters. The molecular weight excluding hydrogens is 304 g/mol. The van der Waals surface area contributed by atoms with E-state index in [1.165, 1.54) is 0 Å². The number of carbonyl (C=O) groups excluding carboxylic acids is 1. The molecule has 0 unspecified atom stereocenters. The van der Waals surface area contributed by atoms with Crippen LogP contribution in [0.25, 0.3) is 0 Å². The minimum absolute atomic E-state index is 0.325. The number of hydrogen-bond donors (Lipinski definition) is 0. The number of amides is 1. The lowest BCUT2D eigenvalue weighted by Crippen LogP contribution is -2.30. The van der Waals surface area contributed by atoms with E-state index in [2.05, 4.69) is 0 Å². The number of likely N-dealkylation sites (N-methyl/N-ethyl adjacent to an activating group) is 1. The second-order valence-corrected chi connectivity index (χ2v) is 5.49. The highest BCUT2D eigenvalue weighted by Crippen LogP contribution is 2.34. The van der Waals surface area contributed by atoms with Crippen LogP contribution in [0.3, 0.4) is 0 Å². The molecule has 0 heterocycles. The molecule has 0 saturated heterocycles. The first-order chi connectivity index (χ1) is 11.6. The molecule has 2 rings (SSSR count). The van der Waals surface area contributed by atoms with E-state index >= 15 is 0 Å². The predicted octanol–water partition coefficient (Wildman–Crippen LogP) is 3.92. The molecule has 0 spiro atoms. The van der Waals surface area contributed by atoms with Crippen molar-refractivity contribution < 1.29 is 14.3 Å². The van der Waals surface area contributed by atoms with Crippen LogP contribution in [0, 0.1) is 0 Å². The number of hydrogen-bond acceptors (Lipinski definition) is 4. The Hall–Kier alpha value is -2.53. The number of benzene rings is 2. The van der Waals surface area contributed by atoms with Gasteiger partial charge in [-0.15, -0.1) is 0 Å². The van der Waals surface area contributed by atoms with E-state index in [1.54, 1.807) is 4.90 Å². The predicted molar refractivity (Wildman–Crippen MR) is 96.1 cm³/mol. The van der Waals surface area contributed by atoms with E-state index in [9.17, 15) is 4.79 Å². The SMILES string of the molecule is CCOc1ccccc1N(C(=O)OCCN(C)C)c1ccccc1. The molecule has 0 N–H and O–H groups in total. The molecule has 2 aromatic rings. The van der Waals surface area contributed by atoms with Crippen LogP contribution >= 0.6 is 0 Å². The van der Waals surface area contributed by atoms with Crippen LogP contribution in [0.1, 0.15) is 6.92 Å². The number of carbonyl (C=O) groups is 1. The van der Waals surface area contributed by atoms with Crippen molar-refractivity contribution in [1.29, 1.82) is 0 Å². The molecule has 24 heavy (non-hydrogen) atoms. The number of nitrogens with zero attached hydrogens (tertiary/aromatic N) is 2. The van der Waals surface area contributed by atoms with Gasteiger partial charge in [-0.3, -0.25) is 0 Å². The molecule has 1 amide bonds. The minimum Gasteiger partial charge on any atom is -0.492 e. The monoisotopic (exact) mass is 328 g/mol. The normalized spacial score (nSPS) is 10.5. The summed E-state index contributed by atoms with van der Waals surface area (Å²) in [6.45, 7) is 3.43. The van der Waals surface area contributed by atoms with Gasteiger partial charge in [-0.25, -0.2) is 9.69 Å². The zero-order valence-electron chi connectivity index (χ0n) is 14.4. The minimum atomic E-state index is -0.421. The Labute approximate surface area is 143 Å². The molecule has 5 nitrogen and oxygen atoms in total. The second-order valence-electron chi connectivity index (χ2n) is 5.49. The van der Waals surface area contributed by atoms with Crippen LogP contribution in [-0.2, 0) is 4.74 Å². The molecule has 0 saturated carbocycles. The van der Waals surface area contributed by atoms with Crippen LogP contribution in [0.4, 0.5) is 16.2 Å². The van der Waals surface area contributed by atoms with Crippen molar-refractivity contribution in [2.75, 3.05) is 38.8 Å². The van der Waals surface area contributed by atoms with Crippen LogP contribution < -0.4 is 9.64 Å². The van der Waals surface area contributed by atoms with Crippen molar-refractivity contribution in [2.45, 2.75) is 6.92 Å². The Morgan fingerprint density at radius 2 is 1.67 bits per heavy atom. The van der Waals surface area contributed by atoms with Crippen molar-refractivity contribution in [1.82, 2.24) is 4.90 Å².